The summed E-state index contributed by atoms with van der Waals surface area (Å²) in [5.74, 6) is 0.588. The van der Waals surface area contributed by atoms with Gasteiger partial charge in [0.15, 0.2) is 0 Å². The summed E-state index contributed by atoms with van der Waals surface area (Å²) in [6.45, 7) is 0.409. The van der Waals surface area contributed by atoms with Crippen molar-refractivity contribution in [3.63, 3.8) is 0 Å². The number of hydrogen-bond acceptors (Lipinski definition) is 3. The molecule has 106 valence electrons. The molecule has 2 aromatic rings. The van der Waals surface area contributed by atoms with Crippen molar-refractivity contribution in [1.29, 1.82) is 0 Å². The maximum Gasteiger partial charge on any atom is 0.533 e. The van der Waals surface area contributed by atoms with Gasteiger partial charge in [0, 0.05) is 16.9 Å². The first-order chi connectivity index (χ1) is 9.53. The van der Waals surface area contributed by atoms with Crippen LogP contribution < -0.4 is 4.74 Å². The normalized spacial score (nSPS) is 11.3. The fourth-order valence-electron chi connectivity index (χ4n) is 1.43. The molecule has 0 radical (unpaired) electrons. The quantitative estimate of drug-likeness (QED) is 0.738. The maximum absolute atomic E-state index is 11.9. The fourth-order valence-corrected chi connectivity index (χ4v) is 1.87. The van der Waals surface area contributed by atoms with Crippen LogP contribution >= 0.6 is 12.0 Å². The second-order valence-corrected chi connectivity index (χ2v) is 4.66. The summed E-state index contributed by atoms with van der Waals surface area (Å²) in [5, 5.41) is 0. The van der Waals surface area contributed by atoms with Crippen LogP contribution in [0.4, 0.5) is 13.2 Å². The summed E-state index contributed by atoms with van der Waals surface area (Å²) in [6.07, 6.45) is -4.65. The molecule has 0 saturated heterocycles. The van der Waals surface area contributed by atoms with Crippen LogP contribution in [0.5, 0.6) is 5.75 Å². The van der Waals surface area contributed by atoms with Crippen LogP contribution in [0, 0.1) is 0 Å². The molecule has 0 heterocycles. The van der Waals surface area contributed by atoms with E-state index in [1.165, 1.54) is 12.1 Å². The Labute approximate surface area is 118 Å². The van der Waals surface area contributed by atoms with Crippen LogP contribution in [-0.2, 0) is 10.8 Å². The van der Waals surface area contributed by atoms with Gasteiger partial charge in [0.25, 0.3) is 0 Å². The largest absolute Gasteiger partial charge is 0.533 e. The zero-order valence-electron chi connectivity index (χ0n) is 10.3. The topological polar surface area (TPSA) is 18.5 Å². The van der Waals surface area contributed by atoms with Gasteiger partial charge < -0.3 is 4.74 Å². The first-order valence-electron chi connectivity index (χ1n) is 5.72. The number of rotatable bonds is 5. The molecule has 6 heteroatoms. The third-order valence-corrected chi connectivity index (χ3v) is 3.04. The zero-order valence-corrected chi connectivity index (χ0v) is 11.1. The van der Waals surface area contributed by atoms with Gasteiger partial charge in [0.2, 0.25) is 0 Å². The Morgan fingerprint density at radius 2 is 1.55 bits per heavy atom. The van der Waals surface area contributed by atoms with Crippen molar-refractivity contribution in [2.45, 2.75) is 17.9 Å². The lowest BCUT2D eigenvalue weighted by Crippen LogP contribution is -2.07. The van der Waals surface area contributed by atoms with E-state index in [4.69, 9.17) is 4.74 Å². The molecule has 0 unspecified atom stereocenters. The van der Waals surface area contributed by atoms with Crippen molar-refractivity contribution in [2.24, 2.45) is 0 Å². The maximum atomic E-state index is 11.9. The Kier molecular flexibility index (Phi) is 4.92. The van der Waals surface area contributed by atoms with Gasteiger partial charge in [-0.05, 0) is 29.8 Å². The van der Waals surface area contributed by atoms with Gasteiger partial charge in [-0.2, -0.15) is 0 Å². The van der Waals surface area contributed by atoms with Gasteiger partial charge >= 0.3 is 6.36 Å². The molecule has 2 nitrogen and oxygen atoms in total. The minimum Gasteiger partial charge on any atom is -0.489 e. The van der Waals surface area contributed by atoms with Crippen LogP contribution in [0.15, 0.2) is 59.5 Å². The zero-order chi connectivity index (χ0) is 14.4. The van der Waals surface area contributed by atoms with Crippen molar-refractivity contribution < 1.29 is 22.1 Å². The summed E-state index contributed by atoms with van der Waals surface area (Å²) < 4.78 is 44.8. The average Bonchev–Trinajstić information content (AvgIpc) is 2.44. The minimum absolute atomic E-state index is 0.270. The average molecular weight is 300 g/mol. The highest BCUT2D eigenvalue weighted by atomic mass is 32.2. The predicted octanol–water partition coefficient (Wildman–Crippen LogP) is 4.81. The Morgan fingerprint density at radius 3 is 2.15 bits per heavy atom. The molecule has 0 aliphatic rings. The van der Waals surface area contributed by atoms with E-state index >= 15 is 0 Å². The molecule has 0 aromatic heterocycles. The Balaban J connectivity index is 1.85. The smallest absolute Gasteiger partial charge is 0.489 e. The number of hydrogen-bond donors (Lipinski definition) is 0. The molecule has 0 atom stereocenters. The third kappa shape index (κ3) is 5.14. The van der Waals surface area contributed by atoms with Crippen molar-refractivity contribution in [3.05, 3.63) is 60.2 Å². The molecular weight excluding hydrogens is 289 g/mol. The third-order valence-electron chi connectivity index (χ3n) is 2.30. The van der Waals surface area contributed by atoms with Gasteiger partial charge in [0.1, 0.15) is 12.4 Å². The van der Waals surface area contributed by atoms with Crippen molar-refractivity contribution >= 4 is 12.0 Å². The second kappa shape index (κ2) is 6.67. The van der Waals surface area contributed by atoms with E-state index in [1.807, 2.05) is 30.3 Å². The molecule has 0 spiro atoms. The van der Waals surface area contributed by atoms with Gasteiger partial charge in [-0.15, -0.1) is 13.2 Å². The van der Waals surface area contributed by atoms with Crippen LogP contribution in [0.25, 0.3) is 0 Å². The Morgan fingerprint density at radius 1 is 0.900 bits per heavy atom. The number of ether oxygens (including phenoxy) is 1. The number of halogens is 3. The summed E-state index contributed by atoms with van der Waals surface area (Å²) >= 11 is 0.270. The first-order valence-corrected chi connectivity index (χ1v) is 6.46. The van der Waals surface area contributed by atoms with Gasteiger partial charge in [-0.3, -0.25) is 0 Å². The van der Waals surface area contributed by atoms with E-state index in [1.54, 1.807) is 12.1 Å². The molecule has 0 N–H and O–H groups in total. The fraction of sp³-hybridized carbons (Fsp3) is 0.143. The Hall–Kier alpha value is -1.66. The van der Waals surface area contributed by atoms with E-state index in [0.717, 1.165) is 5.56 Å². The van der Waals surface area contributed by atoms with E-state index in [0.29, 0.717) is 17.3 Å². The van der Waals surface area contributed by atoms with E-state index in [2.05, 4.69) is 4.18 Å². The molecular formula is C14H11F3O2S. The van der Waals surface area contributed by atoms with E-state index < -0.39 is 6.36 Å². The van der Waals surface area contributed by atoms with Gasteiger partial charge in [0.05, 0.1) is 0 Å². The summed E-state index contributed by atoms with van der Waals surface area (Å²) in [6, 6.07) is 15.8. The Bertz CT molecular complexity index is 526. The first kappa shape index (κ1) is 14.7. The van der Waals surface area contributed by atoms with E-state index in [9.17, 15) is 13.2 Å². The van der Waals surface area contributed by atoms with Gasteiger partial charge in [-0.25, -0.2) is 4.18 Å². The molecule has 0 amide bonds. The molecule has 0 bridgehead atoms. The monoisotopic (exact) mass is 300 g/mol. The number of alkyl halides is 3. The van der Waals surface area contributed by atoms with Crippen LogP contribution in [0.1, 0.15) is 5.56 Å². The molecule has 0 aliphatic carbocycles. The second-order valence-electron chi connectivity index (χ2n) is 3.86. The standard InChI is InChI=1S/C14H11F3O2S/c15-14(16,17)19-20-13-8-6-12(7-9-13)18-10-11-4-2-1-3-5-11/h1-9H,10H2. The highest BCUT2D eigenvalue weighted by molar-refractivity contribution is 7.94. The SMILES string of the molecule is FC(F)(F)OSc1ccc(OCc2ccccc2)cc1. The van der Waals surface area contributed by atoms with Gasteiger partial charge in [-0.1, -0.05) is 30.3 Å². The van der Waals surface area contributed by atoms with Crippen LogP contribution in [0.2, 0.25) is 0 Å². The van der Waals surface area contributed by atoms with Crippen LogP contribution in [-0.4, -0.2) is 6.36 Å². The van der Waals surface area contributed by atoms with Crippen LogP contribution in [0.3, 0.4) is 0 Å². The lowest BCUT2D eigenvalue weighted by atomic mass is 10.2. The van der Waals surface area contributed by atoms with E-state index in [-0.39, 0.29) is 12.0 Å². The molecule has 20 heavy (non-hydrogen) atoms. The van der Waals surface area contributed by atoms with Crippen molar-refractivity contribution in [1.82, 2.24) is 0 Å². The summed E-state index contributed by atoms with van der Waals surface area (Å²) in [5.41, 5.74) is 1.02. The molecule has 2 aromatic carbocycles. The van der Waals surface area contributed by atoms with Crippen molar-refractivity contribution in [3.8, 4) is 5.75 Å². The molecule has 0 aliphatic heterocycles. The predicted molar refractivity (Wildman–Crippen MR) is 70.2 cm³/mol. The molecule has 0 saturated carbocycles. The summed E-state index contributed by atoms with van der Waals surface area (Å²) in [7, 11) is 0. The van der Waals surface area contributed by atoms with Crippen molar-refractivity contribution in [2.75, 3.05) is 0 Å². The highest BCUT2D eigenvalue weighted by Crippen LogP contribution is 2.30. The lowest BCUT2D eigenvalue weighted by Gasteiger charge is -2.08. The molecule has 0 fully saturated rings. The minimum atomic E-state index is -4.65. The molecule has 2 rings (SSSR count). The highest BCUT2D eigenvalue weighted by Gasteiger charge is 2.30. The summed E-state index contributed by atoms with van der Waals surface area (Å²) in [4.78, 5) is 0.356. The lowest BCUT2D eigenvalue weighted by molar-refractivity contribution is -0.266. The number of benzene rings is 2.